The summed E-state index contributed by atoms with van der Waals surface area (Å²) in [5, 5.41) is 0. The van der Waals surface area contributed by atoms with E-state index in [2.05, 4.69) is 4.72 Å². The monoisotopic (exact) mass is 340 g/mol. The van der Waals surface area contributed by atoms with Crippen molar-refractivity contribution in [2.75, 3.05) is 26.7 Å². The topological polar surface area (TPSA) is 75.7 Å². The Morgan fingerprint density at radius 3 is 2.30 bits per heavy atom. The van der Waals surface area contributed by atoms with Crippen molar-refractivity contribution < 1.29 is 17.9 Å². The maximum atomic E-state index is 12.2. The number of benzene rings is 1. The number of amides is 1. The van der Waals surface area contributed by atoms with Gasteiger partial charge in [-0.3, -0.25) is 4.79 Å². The van der Waals surface area contributed by atoms with E-state index in [0.29, 0.717) is 5.75 Å². The zero-order valence-corrected chi connectivity index (χ0v) is 14.3. The maximum absolute atomic E-state index is 12.2. The van der Waals surface area contributed by atoms with Crippen molar-refractivity contribution in [3.05, 3.63) is 24.3 Å². The molecule has 0 radical (unpaired) electrons. The van der Waals surface area contributed by atoms with E-state index in [0.717, 1.165) is 38.8 Å². The largest absolute Gasteiger partial charge is 0.497 e. The van der Waals surface area contributed by atoms with Gasteiger partial charge in [-0.1, -0.05) is 12.8 Å². The molecule has 1 aromatic carbocycles. The summed E-state index contributed by atoms with van der Waals surface area (Å²) in [5.74, 6) is 0.615. The minimum Gasteiger partial charge on any atom is -0.497 e. The van der Waals surface area contributed by atoms with E-state index >= 15 is 0 Å². The minimum absolute atomic E-state index is 0.0179. The molecule has 23 heavy (non-hydrogen) atoms. The number of likely N-dealkylation sites (tertiary alicyclic amines) is 1. The average molecular weight is 340 g/mol. The summed E-state index contributed by atoms with van der Waals surface area (Å²) in [6, 6.07) is 6.16. The zero-order chi connectivity index (χ0) is 16.7. The summed E-state index contributed by atoms with van der Waals surface area (Å²) >= 11 is 0. The third-order valence-electron chi connectivity index (χ3n) is 3.96. The molecule has 1 aromatic rings. The number of ether oxygens (including phenoxy) is 1. The van der Waals surface area contributed by atoms with Crippen molar-refractivity contribution in [1.29, 1.82) is 0 Å². The summed E-state index contributed by atoms with van der Waals surface area (Å²) in [6.45, 7) is 1.68. The first-order valence-electron chi connectivity index (χ1n) is 7.94. The molecule has 0 saturated carbocycles. The second-order valence-corrected chi connectivity index (χ2v) is 7.39. The SMILES string of the molecule is COc1ccc(S(=O)(=O)NCCC(=O)N2CCCCCC2)cc1. The summed E-state index contributed by atoms with van der Waals surface area (Å²) in [4.78, 5) is 14.1. The fourth-order valence-electron chi connectivity index (χ4n) is 2.61. The van der Waals surface area contributed by atoms with Crippen LogP contribution in [0.15, 0.2) is 29.2 Å². The zero-order valence-electron chi connectivity index (χ0n) is 13.5. The van der Waals surface area contributed by atoms with Crippen LogP contribution in [0.4, 0.5) is 0 Å². The fourth-order valence-corrected chi connectivity index (χ4v) is 3.64. The van der Waals surface area contributed by atoms with Gasteiger partial charge in [-0.25, -0.2) is 13.1 Å². The molecule has 0 spiro atoms. The van der Waals surface area contributed by atoms with Crippen molar-refractivity contribution in [1.82, 2.24) is 9.62 Å². The van der Waals surface area contributed by atoms with Crippen LogP contribution < -0.4 is 9.46 Å². The Morgan fingerprint density at radius 1 is 1.13 bits per heavy atom. The molecule has 1 aliphatic heterocycles. The fraction of sp³-hybridized carbons (Fsp3) is 0.562. The molecular formula is C16H24N2O4S. The highest BCUT2D eigenvalue weighted by Crippen LogP contribution is 2.15. The van der Waals surface area contributed by atoms with E-state index in [1.165, 1.54) is 19.2 Å². The second kappa shape index (κ2) is 8.31. The number of hydrogen-bond donors (Lipinski definition) is 1. The first-order valence-corrected chi connectivity index (χ1v) is 9.43. The third-order valence-corrected chi connectivity index (χ3v) is 5.44. The van der Waals surface area contributed by atoms with Crippen LogP contribution >= 0.6 is 0 Å². The smallest absolute Gasteiger partial charge is 0.240 e. The van der Waals surface area contributed by atoms with E-state index in [4.69, 9.17) is 4.74 Å². The lowest BCUT2D eigenvalue weighted by Gasteiger charge is -2.20. The van der Waals surface area contributed by atoms with Crippen LogP contribution in [0.2, 0.25) is 0 Å². The highest BCUT2D eigenvalue weighted by Gasteiger charge is 2.17. The number of carbonyl (C=O) groups is 1. The molecule has 0 aliphatic carbocycles. The molecule has 1 aliphatic rings. The molecule has 1 N–H and O–H groups in total. The average Bonchev–Trinajstić information content (AvgIpc) is 2.84. The van der Waals surface area contributed by atoms with E-state index in [1.807, 2.05) is 4.90 Å². The van der Waals surface area contributed by atoms with Crippen molar-refractivity contribution in [3.63, 3.8) is 0 Å². The van der Waals surface area contributed by atoms with Crippen LogP contribution in [0, 0.1) is 0 Å². The van der Waals surface area contributed by atoms with Gasteiger partial charge in [-0.15, -0.1) is 0 Å². The summed E-state index contributed by atoms with van der Waals surface area (Å²) in [6.07, 6.45) is 4.57. The van der Waals surface area contributed by atoms with Crippen molar-refractivity contribution in [3.8, 4) is 5.75 Å². The molecule has 2 rings (SSSR count). The second-order valence-electron chi connectivity index (χ2n) is 5.62. The van der Waals surface area contributed by atoms with Gasteiger partial charge in [-0.2, -0.15) is 0 Å². The molecule has 0 bridgehead atoms. The van der Waals surface area contributed by atoms with Crippen LogP contribution in [0.1, 0.15) is 32.1 Å². The number of carbonyl (C=O) groups excluding carboxylic acids is 1. The van der Waals surface area contributed by atoms with Crippen LogP contribution in [-0.4, -0.2) is 46.0 Å². The number of rotatable bonds is 6. The highest BCUT2D eigenvalue weighted by atomic mass is 32.2. The highest BCUT2D eigenvalue weighted by molar-refractivity contribution is 7.89. The molecule has 6 nitrogen and oxygen atoms in total. The van der Waals surface area contributed by atoms with Crippen LogP contribution in [0.25, 0.3) is 0 Å². The summed E-state index contributed by atoms with van der Waals surface area (Å²) in [5.41, 5.74) is 0. The van der Waals surface area contributed by atoms with Gasteiger partial charge in [0.15, 0.2) is 0 Å². The van der Waals surface area contributed by atoms with Crippen LogP contribution in [-0.2, 0) is 14.8 Å². The molecule has 0 atom stereocenters. The van der Waals surface area contributed by atoms with E-state index < -0.39 is 10.0 Å². The number of hydrogen-bond acceptors (Lipinski definition) is 4. The maximum Gasteiger partial charge on any atom is 0.240 e. The third kappa shape index (κ3) is 5.21. The molecule has 1 fully saturated rings. The molecule has 0 unspecified atom stereocenters. The molecule has 128 valence electrons. The molecular weight excluding hydrogens is 316 g/mol. The van der Waals surface area contributed by atoms with E-state index in [1.54, 1.807) is 12.1 Å². The Morgan fingerprint density at radius 2 is 1.74 bits per heavy atom. The van der Waals surface area contributed by atoms with Crippen LogP contribution in [0.5, 0.6) is 5.75 Å². The van der Waals surface area contributed by atoms with Gasteiger partial charge in [0, 0.05) is 26.1 Å². The Bertz CT molecular complexity index is 605. The van der Waals surface area contributed by atoms with Crippen molar-refractivity contribution >= 4 is 15.9 Å². The van der Waals surface area contributed by atoms with Gasteiger partial charge >= 0.3 is 0 Å². The lowest BCUT2D eigenvalue weighted by Crippen LogP contribution is -2.35. The lowest BCUT2D eigenvalue weighted by molar-refractivity contribution is -0.130. The predicted molar refractivity (Wildman–Crippen MR) is 87.8 cm³/mol. The van der Waals surface area contributed by atoms with Gasteiger partial charge in [-0.05, 0) is 37.1 Å². The Hall–Kier alpha value is -1.60. The van der Waals surface area contributed by atoms with Gasteiger partial charge in [0.2, 0.25) is 15.9 Å². The van der Waals surface area contributed by atoms with Crippen molar-refractivity contribution in [2.24, 2.45) is 0 Å². The summed E-state index contributed by atoms with van der Waals surface area (Å²) < 4.78 is 31.8. The van der Waals surface area contributed by atoms with Gasteiger partial charge in [0.25, 0.3) is 0 Å². The molecule has 1 saturated heterocycles. The molecule has 1 amide bonds. The van der Waals surface area contributed by atoms with E-state index in [-0.39, 0.29) is 23.8 Å². The standard InChI is InChI=1S/C16H24N2O4S/c1-22-14-6-8-15(9-7-14)23(20,21)17-11-10-16(19)18-12-4-2-3-5-13-18/h6-9,17H,2-5,10-13H2,1H3. The van der Waals surface area contributed by atoms with E-state index in [9.17, 15) is 13.2 Å². The Balaban J connectivity index is 1.85. The normalized spacial score (nSPS) is 16.0. The summed E-state index contributed by atoms with van der Waals surface area (Å²) in [7, 11) is -2.07. The Labute approximate surface area is 137 Å². The lowest BCUT2D eigenvalue weighted by atomic mass is 10.2. The van der Waals surface area contributed by atoms with Crippen LogP contribution in [0.3, 0.4) is 0 Å². The molecule has 7 heteroatoms. The first-order chi connectivity index (χ1) is 11.0. The van der Waals surface area contributed by atoms with Gasteiger partial charge in [0.1, 0.15) is 5.75 Å². The quantitative estimate of drug-likeness (QED) is 0.856. The van der Waals surface area contributed by atoms with Gasteiger partial charge < -0.3 is 9.64 Å². The number of sulfonamides is 1. The first kappa shape index (κ1) is 17.7. The Kier molecular flexibility index (Phi) is 6.41. The number of nitrogens with zero attached hydrogens (tertiary/aromatic N) is 1. The minimum atomic E-state index is -3.60. The van der Waals surface area contributed by atoms with Crippen molar-refractivity contribution in [2.45, 2.75) is 37.0 Å². The number of methoxy groups -OCH3 is 1. The van der Waals surface area contributed by atoms with Gasteiger partial charge in [0.05, 0.1) is 12.0 Å². The molecule has 0 aromatic heterocycles. The predicted octanol–water partition coefficient (Wildman–Crippen LogP) is 1.77. The molecule has 1 heterocycles. The number of nitrogens with one attached hydrogen (secondary N) is 1.